The summed E-state index contributed by atoms with van der Waals surface area (Å²) in [6.45, 7) is 9.46. The van der Waals surface area contributed by atoms with Crippen LogP contribution in [0.2, 0.25) is 0 Å². The van der Waals surface area contributed by atoms with Crippen molar-refractivity contribution in [3.63, 3.8) is 0 Å². The van der Waals surface area contributed by atoms with E-state index in [0.717, 1.165) is 25.7 Å². The Morgan fingerprint density at radius 2 is 1.38 bits per heavy atom. The van der Waals surface area contributed by atoms with Crippen molar-refractivity contribution in [3.8, 4) is 0 Å². The molecular weight excluding hydrogens is 268 g/mol. The Morgan fingerprint density at radius 3 is 1.86 bits per heavy atom. The molecule has 0 rings (SSSR count). The van der Waals surface area contributed by atoms with Crippen molar-refractivity contribution in [1.29, 1.82) is 0 Å². The van der Waals surface area contributed by atoms with Gasteiger partial charge in [0.2, 0.25) is 0 Å². The zero-order valence-corrected chi connectivity index (χ0v) is 14.4. The molecule has 0 aliphatic carbocycles. The molecule has 0 saturated carbocycles. The molecule has 0 saturated heterocycles. The van der Waals surface area contributed by atoms with Crippen molar-refractivity contribution < 1.29 is 19.3 Å². The highest BCUT2D eigenvalue weighted by Crippen LogP contribution is 2.14. The average molecular weight is 302 g/mol. The summed E-state index contributed by atoms with van der Waals surface area (Å²) in [5.74, 6) is 0.871. The first kappa shape index (κ1) is 20.2. The number of hydrogen-bond donors (Lipinski definition) is 0. The van der Waals surface area contributed by atoms with Gasteiger partial charge in [-0.25, -0.2) is 4.79 Å². The van der Waals surface area contributed by atoms with Gasteiger partial charge in [0.05, 0.1) is 13.2 Å². The van der Waals surface area contributed by atoms with E-state index in [1.54, 1.807) is 0 Å². The molecule has 2 atom stereocenters. The standard InChI is InChI=1S/C17H34O4/c1-5-9-11-15(7-3)13-19-17(18)21-20-14-16(8-4)12-10-6-2/h15-16H,5-14H2,1-4H3. The molecule has 0 aliphatic rings. The summed E-state index contributed by atoms with van der Waals surface area (Å²) in [5.41, 5.74) is 0. The minimum Gasteiger partial charge on any atom is -0.432 e. The highest BCUT2D eigenvalue weighted by Gasteiger charge is 2.13. The van der Waals surface area contributed by atoms with Crippen molar-refractivity contribution in [1.82, 2.24) is 0 Å². The van der Waals surface area contributed by atoms with Crippen LogP contribution in [0.1, 0.15) is 79.1 Å². The van der Waals surface area contributed by atoms with E-state index in [2.05, 4.69) is 27.7 Å². The van der Waals surface area contributed by atoms with E-state index < -0.39 is 6.16 Å². The van der Waals surface area contributed by atoms with Crippen LogP contribution in [0.4, 0.5) is 4.79 Å². The van der Waals surface area contributed by atoms with Crippen molar-refractivity contribution >= 4 is 6.16 Å². The van der Waals surface area contributed by atoms with Gasteiger partial charge in [0.15, 0.2) is 0 Å². The van der Waals surface area contributed by atoms with Crippen LogP contribution in [-0.4, -0.2) is 19.4 Å². The van der Waals surface area contributed by atoms with Crippen LogP contribution >= 0.6 is 0 Å². The molecule has 0 radical (unpaired) electrons. The molecule has 4 heteroatoms. The van der Waals surface area contributed by atoms with E-state index >= 15 is 0 Å². The first-order chi connectivity index (χ1) is 10.2. The fourth-order valence-corrected chi connectivity index (χ4v) is 2.18. The number of carbonyl (C=O) groups excluding carboxylic acids is 1. The van der Waals surface area contributed by atoms with Crippen LogP contribution < -0.4 is 0 Å². The highest BCUT2D eigenvalue weighted by atomic mass is 17.2. The first-order valence-electron chi connectivity index (χ1n) is 8.63. The molecule has 0 spiro atoms. The maximum atomic E-state index is 11.5. The SMILES string of the molecule is CCCCC(CC)COOC(=O)OCC(CC)CCCC. The molecule has 0 aliphatic heterocycles. The molecule has 0 aromatic heterocycles. The van der Waals surface area contributed by atoms with Crippen LogP contribution in [0.15, 0.2) is 0 Å². The lowest BCUT2D eigenvalue weighted by Gasteiger charge is -2.15. The van der Waals surface area contributed by atoms with Crippen LogP contribution in [0.3, 0.4) is 0 Å². The van der Waals surface area contributed by atoms with Gasteiger partial charge < -0.3 is 4.74 Å². The van der Waals surface area contributed by atoms with Crippen molar-refractivity contribution in [3.05, 3.63) is 0 Å². The number of unbranched alkanes of at least 4 members (excludes halogenated alkanes) is 2. The first-order valence-corrected chi connectivity index (χ1v) is 8.63. The molecule has 0 aromatic carbocycles. The van der Waals surface area contributed by atoms with E-state index in [-0.39, 0.29) is 0 Å². The lowest BCUT2D eigenvalue weighted by atomic mass is 10.0. The van der Waals surface area contributed by atoms with Gasteiger partial charge in [0.25, 0.3) is 0 Å². The second kappa shape index (κ2) is 14.2. The fraction of sp³-hybridized carbons (Fsp3) is 0.941. The number of rotatable bonds is 13. The Bertz CT molecular complexity index is 243. The molecule has 0 fully saturated rings. The Morgan fingerprint density at radius 1 is 0.857 bits per heavy atom. The monoisotopic (exact) mass is 302 g/mol. The Labute approximate surface area is 130 Å². The molecule has 0 aromatic rings. The summed E-state index contributed by atoms with van der Waals surface area (Å²) in [6.07, 6.45) is 8.24. The summed E-state index contributed by atoms with van der Waals surface area (Å²) in [7, 11) is 0. The topological polar surface area (TPSA) is 44.8 Å². The predicted octanol–water partition coefficient (Wildman–Crippen LogP) is 5.50. The van der Waals surface area contributed by atoms with Gasteiger partial charge in [-0.05, 0) is 24.7 Å². The molecule has 0 heterocycles. The van der Waals surface area contributed by atoms with Crippen LogP contribution in [0.5, 0.6) is 0 Å². The normalized spacial score (nSPS) is 13.7. The van der Waals surface area contributed by atoms with Gasteiger partial charge in [0.1, 0.15) is 0 Å². The third-order valence-electron chi connectivity index (χ3n) is 3.95. The summed E-state index contributed by atoms with van der Waals surface area (Å²) in [6, 6.07) is 0. The maximum Gasteiger partial charge on any atom is 0.540 e. The molecule has 0 amide bonds. The summed E-state index contributed by atoms with van der Waals surface area (Å²) < 4.78 is 5.10. The largest absolute Gasteiger partial charge is 0.540 e. The minimum atomic E-state index is -0.713. The summed E-state index contributed by atoms with van der Waals surface area (Å²) in [5, 5.41) is 0. The van der Waals surface area contributed by atoms with Gasteiger partial charge in [-0.15, -0.1) is 0 Å². The molecule has 21 heavy (non-hydrogen) atoms. The molecule has 2 unspecified atom stereocenters. The lowest BCUT2D eigenvalue weighted by Crippen LogP contribution is -2.17. The number of hydrogen-bond acceptors (Lipinski definition) is 4. The molecule has 4 nitrogen and oxygen atoms in total. The molecule has 0 N–H and O–H groups in total. The fourth-order valence-electron chi connectivity index (χ4n) is 2.18. The highest BCUT2D eigenvalue weighted by molar-refractivity contribution is 5.58. The molecular formula is C17H34O4. The van der Waals surface area contributed by atoms with E-state index in [9.17, 15) is 4.79 Å². The summed E-state index contributed by atoms with van der Waals surface area (Å²) >= 11 is 0. The van der Waals surface area contributed by atoms with Gasteiger partial charge >= 0.3 is 6.16 Å². The quantitative estimate of drug-likeness (QED) is 0.256. The maximum absolute atomic E-state index is 11.5. The second-order valence-electron chi connectivity index (χ2n) is 5.76. The lowest BCUT2D eigenvalue weighted by molar-refractivity contribution is -0.263. The Kier molecular flexibility index (Phi) is 13.7. The molecule has 0 bridgehead atoms. The van der Waals surface area contributed by atoms with E-state index in [1.165, 1.54) is 25.7 Å². The second-order valence-corrected chi connectivity index (χ2v) is 5.76. The van der Waals surface area contributed by atoms with E-state index in [4.69, 9.17) is 14.5 Å². The Balaban J connectivity index is 3.73. The zero-order valence-electron chi connectivity index (χ0n) is 14.4. The third kappa shape index (κ3) is 11.6. The van der Waals surface area contributed by atoms with Crippen LogP contribution in [-0.2, 0) is 14.5 Å². The minimum absolute atomic E-state index is 0.422. The van der Waals surface area contributed by atoms with E-state index in [0.29, 0.717) is 25.0 Å². The Hall–Kier alpha value is -0.770. The van der Waals surface area contributed by atoms with Crippen molar-refractivity contribution in [2.75, 3.05) is 13.2 Å². The van der Waals surface area contributed by atoms with Gasteiger partial charge in [-0.1, -0.05) is 66.2 Å². The average Bonchev–Trinajstić information content (AvgIpc) is 2.50. The van der Waals surface area contributed by atoms with Crippen molar-refractivity contribution in [2.24, 2.45) is 11.8 Å². The predicted molar refractivity (Wildman–Crippen MR) is 85.0 cm³/mol. The molecule has 126 valence electrons. The number of carbonyl (C=O) groups is 1. The van der Waals surface area contributed by atoms with Crippen LogP contribution in [0.25, 0.3) is 0 Å². The smallest absolute Gasteiger partial charge is 0.432 e. The van der Waals surface area contributed by atoms with Gasteiger partial charge in [-0.2, -0.15) is 4.89 Å². The van der Waals surface area contributed by atoms with E-state index in [1.807, 2.05) is 0 Å². The van der Waals surface area contributed by atoms with Gasteiger partial charge in [-0.3, -0.25) is 4.89 Å². The third-order valence-corrected chi connectivity index (χ3v) is 3.95. The van der Waals surface area contributed by atoms with Crippen LogP contribution in [0, 0.1) is 11.8 Å². The van der Waals surface area contributed by atoms with Crippen molar-refractivity contribution in [2.45, 2.75) is 79.1 Å². The zero-order chi connectivity index (χ0) is 15.9. The van der Waals surface area contributed by atoms with Gasteiger partial charge in [0, 0.05) is 0 Å². The number of ether oxygens (including phenoxy) is 1. The summed E-state index contributed by atoms with van der Waals surface area (Å²) in [4.78, 5) is 21.2.